The van der Waals surface area contributed by atoms with Gasteiger partial charge in [0.1, 0.15) is 12.4 Å². The SMILES string of the molecule is CC(C)(C)c1c(COC(N)=O)cccc1C1CCN(C(=O)c2cccc(O)c2)CC1. The number of hydrogen-bond acceptors (Lipinski definition) is 4. The van der Waals surface area contributed by atoms with Crippen LogP contribution in [0.4, 0.5) is 4.79 Å². The second kappa shape index (κ2) is 8.78. The van der Waals surface area contributed by atoms with Crippen LogP contribution in [0, 0.1) is 0 Å². The summed E-state index contributed by atoms with van der Waals surface area (Å²) in [6.07, 6.45) is 0.931. The fraction of sp³-hybridized carbons (Fsp3) is 0.417. The Morgan fingerprint density at radius 1 is 1.13 bits per heavy atom. The van der Waals surface area contributed by atoms with Crippen LogP contribution < -0.4 is 5.73 Å². The van der Waals surface area contributed by atoms with Crippen LogP contribution >= 0.6 is 0 Å². The first-order valence-electron chi connectivity index (χ1n) is 10.3. The van der Waals surface area contributed by atoms with E-state index >= 15 is 0 Å². The summed E-state index contributed by atoms with van der Waals surface area (Å²) in [7, 11) is 0. The van der Waals surface area contributed by atoms with Crippen molar-refractivity contribution in [2.45, 2.75) is 51.6 Å². The average Bonchev–Trinajstić information content (AvgIpc) is 2.71. The molecule has 30 heavy (non-hydrogen) atoms. The first-order valence-corrected chi connectivity index (χ1v) is 10.3. The Hall–Kier alpha value is -3.02. The zero-order valence-electron chi connectivity index (χ0n) is 17.9. The minimum Gasteiger partial charge on any atom is -0.508 e. The van der Waals surface area contributed by atoms with E-state index in [0.29, 0.717) is 24.6 Å². The quantitative estimate of drug-likeness (QED) is 0.786. The van der Waals surface area contributed by atoms with Crippen molar-refractivity contribution >= 4 is 12.0 Å². The van der Waals surface area contributed by atoms with E-state index < -0.39 is 6.09 Å². The summed E-state index contributed by atoms with van der Waals surface area (Å²) in [6, 6.07) is 12.6. The predicted molar refractivity (Wildman–Crippen MR) is 115 cm³/mol. The Balaban J connectivity index is 1.78. The van der Waals surface area contributed by atoms with E-state index in [1.807, 2.05) is 17.0 Å². The number of hydrogen-bond donors (Lipinski definition) is 2. The summed E-state index contributed by atoms with van der Waals surface area (Å²) in [4.78, 5) is 25.7. The summed E-state index contributed by atoms with van der Waals surface area (Å²) in [5.74, 6) is 0.366. The highest BCUT2D eigenvalue weighted by Gasteiger charge is 2.30. The zero-order valence-corrected chi connectivity index (χ0v) is 17.9. The normalized spacial score (nSPS) is 15.1. The third-order valence-electron chi connectivity index (χ3n) is 5.62. The van der Waals surface area contributed by atoms with Crippen LogP contribution in [-0.2, 0) is 16.8 Å². The molecule has 0 atom stereocenters. The van der Waals surface area contributed by atoms with E-state index in [1.165, 1.54) is 17.2 Å². The minimum absolute atomic E-state index is 0.0518. The van der Waals surface area contributed by atoms with E-state index in [-0.39, 0.29) is 23.7 Å². The summed E-state index contributed by atoms with van der Waals surface area (Å²) in [5, 5.41) is 9.65. The molecule has 2 aromatic carbocycles. The zero-order chi connectivity index (χ0) is 21.9. The molecule has 1 saturated heterocycles. The van der Waals surface area contributed by atoms with Gasteiger partial charge in [-0.1, -0.05) is 45.0 Å². The molecule has 3 N–H and O–H groups in total. The van der Waals surface area contributed by atoms with E-state index in [9.17, 15) is 14.7 Å². The Labute approximate surface area is 177 Å². The molecule has 1 aliphatic rings. The number of primary amides is 1. The van der Waals surface area contributed by atoms with Gasteiger partial charge >= 0.3 is 6.09 Å². The third-order valence-corrected chi connectivity index (χ3v) is 5.62. The molecule has 2 aromatic rings. The van der Waals surface area contributed by atoms with E-state index in [1.54, 1.807) is 18.2 Å². The predicted octanol–water partition coefficient (Wildman–Crippen LogP) is 4.30. The Bertz CT molecular complexity index is 925. The number of ether oxygens (including phenoxy) is 1. The fourth-order valence-electron chi connectivity index (χ4n) is 4.36. The highest BCUT2D eigenvalue weighted by molar-refractivity contribution is 5.94. The Morgan fingerprint density at radius 2 is 1.80 bits per heavy atom. The number of carbonyl (C=O) groups is 2. The number of phenols is 1. The van der Waals surface area contributed by atoms with Crippen LogP contribution in [0.2, 0.25) is 0 Å². The lowest BCUT2D eigenvalue weighted by Crippen LogP contribution is -2.38. The molecule has 1 aliphatic heterocycles. The summed E-state index contributed by atoms with van der Waals surface area (Å²) in [5.41, 5.74) is 8.95. The third kappa shape index (κ3) is 4.93. The molecule has 0 unspecified atom stereocenters. The van der Waals surface area contributed by atoms with Crippen LogP contribution in [0.1, 0.15) is 66.6 Å². The van der Waals surface area contributed by atoms with Crippen molar-refractivity contribution in [2.75, 3.05) is 13.1 Å². The maximum atomic E-state index is 12.8. The molecule has 1 heterocycles. The van der Waals surface area contributed by atoms with Gasteiger partial charge in [-0.2, -0.15) is 0 Å². The molecule has 0 bridgehead atoms. The van der Waals surface area contributed by atoms with Gasteiger partial charge in [0.25, 0.3) is 5.91 Å². The van der Waals surface area contributed by atoms with Crippen LogP contribution in [-0.4, -0.2) is 35.1 Å². The van der Waals surface area contributed by atoms with Gasteiger partial charge in [0, 0.05) is 18.7 Å². The first kappa shape index (κ1) is 21.7. The molecular formula is C24H30N2O4. The standard InChI is InChI=1S/C24H30N2O4/c1-24(2,3)21-18(15-30-23(25)29)7-5-9-20(21)16-10-12-26(13-11-16)22(28)17-6-4-8-19(27)14-17/h4-9,14,16,27H,10-13,15H2,1-3H3,(H2,25,29). The van der Waals surface area contributed by atoms with Gasteiger partial charge in [-0.25, -0.2) is 4.79 Å². The molecule has 1 fully saturated rings. The lowest BCUT2D eigenvalue weighted by Gasteiger charge is -2.36. The highest BCUT2D eigenvalue weighted by atomic mass is 16.5. The van der Waals surface area contributed by atoms with Crippen molar-refractivity contribution in [3.05, 3.63) is 64.7 Å². The number of amides is 2. The summed E-state index contributed by atoms with van der Waals surface area (Å²) in [6.45, 7) is 7.93. The number of nitrogens with two attached hydrogens (primary N) is 1. The van der Waals surface area contributed by atoms with Gasteiger partial charge in [0.05, 0.1) is 0 Å². The van der Waals surface area contributed by atoms with Crippen molar-refractivity contribution in [3.63, 3.8) is 0 Å². The number of aromatic hydroxyl groups is 1. The number of rotatable bonds is 4. The molecule has 3 rings (SSSR count). The number of carbonyl (C=O) groups excluding carboxylic acids is 2. The lowest BCUT2D eigenvalue weighted by molar-refractivity contribution is 0.0712. The lowest BCUT2D eigenvalue weighted by atomic mass is 9.75. The van der Waals surface area contributed by atoms with Gasteiger partial charge in [0.15, 0.2) is 0 Å². The van der Waals surface area contributed by atoms with Crippen molar-refractivity contribution in [3.8, 4) is 5.75 Å². The van der Waals surface area contributed by atoms with Gasteiger partial charge < -0.3 is 20.5 Å². The molecule has 6 heteroatoms. The van der Waals surface area contributed by atoms with E-state index in [4.69, 9.17) is 10.5 Å². The second-order valence-corrected chi connectivity index (χ2v) is 8.86. The van der Waals surface area contributed by atoms with Crippen molar-refractivity contribution in [1.82, 2.24) is 4.90 Å². The minimum atomic E-state index is -0.779. The monoisotopic (exact) mass is 410 g/mol. The molecule has 0 saturated carbocycles. The maximum Gasteiger partial charge on any atom is 0.404 e. The highest BCUT2D eigenvalue weighted by Crippen LogP contribution is 2.38. The van der Waals surface area contributed by atoms with Gasteiger partial charge in [-0.3, -0.25) is 4.79 Å². The van der Waals surface area contributed by atoms with Crippen molar-refractivity contribution in [2.24, 2.45) is 5.73 Å². The van der Waals surface area contributed by atoms with Crippen LogP contribution in [0.25, 0.3) is 0 Å². The molecule has 0 radical (unpaired) electrons. The first-order chi connectivity index (χ1) is 14.2. The number of phenolic OH excluding ortho intramolecular Hbond substituents is 1. The maximum absolute atomic E-state index is 12.8. The molecule has 0 aromatic heterocycles. The van der Waals surface area contributed by atoms with Gasteiger partial charge in [-0.05, 0) is 59.1 Å². The van der Waals surface area contributed by atoms with Crippen LogP contribution in [0.5, 0.6) is 5.75 Å². The van der Waals surface area contributed by atoms with Gasteiger partial charge in [0.2, 0.25) is 0 Å². The summed E-state index contributed by atoms with van der Waals surface area (Å²) >= 11 is 0. The molecule has 6 nitrogen and oxygen atoms in total. The second-order valence-electron chi connectivity index (χ2n) is 8.86. The fourth-order valence-corrected chi connectivity index (χ4v) is 4.36. The van der Waals surface area contributed by atoms with Crippen LogP contribution in [0.3, 0.4) is 0 Å². The average molecular weight is 411 g/mol. The van der Waals surface area contributed by atoms with E-state index in [2.05, 4.69) is 26.8 Å². The van der Waals surface area contributed by atoms with Crippen molar-refractivity contribution in [1.29, 1.82) is 0 Å². The largest absolute Gasteiger partial charge is 0.508 e. The topological polar surface area (TPSA) is 92.9 Å². The van der Waals surface area contributed by atoms with Crippen molar-refractivity contribution < 1.29 is 19.4 Å². The van der Waals surface area contributed by atoms with Crippen LogP contribution in [0.15, 0.2) is 42.5 Å². The number of piperidine rings is 1. The van der Waals surface area contributed by atoms with Gasteiger partial charge in [-0.15, -0.1) is 0 Å². The Morgan fingerprint density at radius 3 is 2.40 bits per heavy atom. The molecule has 2 amide bonds. The number of benzene rings is 2. The molecule has 0 aliphatic carbocycles. The smallest absolute Gasteiger partial charge is 0.404 e. The molecule has 160 valence electrons. The number of nitrogens with zero attached hydrogens (tertiary/aromatic N) is 1. The number of likely N-dealkylation sites (tertiary alicyclic amines) is 1. The Kier molecular flexibility index (Phi) is 6.34. The summed E-state index contributed by atoms with van der Waals surface area (Å²) < 4.78 is 5.08. The molecular weight excluding hydrogens is 380 g/mol. The molecule has 0 spiro atoms. The van der Waals surface area contributed by atoms with E-state index in [0.717, 1.165) is 18.4 Å².